The first kappa shape index (κ1) is 8.76. The van der Waals surface area contributed by atoms with Crippen molar-refractivity contribution in [2.75, 3.05) is 0 Å². The Morgan fingerprint density at radius 1 is 1.36 bits per heavy atom. The third kappa shape index (κ3) is 2.05. The molecule has 2 unspecified atom stereocenters. The van der Waals surface area contributed by atoms with E-state index in [-0.39, 0.29) is 5.83 Å². The van der Waals surface area contributed by atoms with Gasteiger partial charge in [0.15, 0.2) is 0 Å². The van der Waals surface area contributed by atoms with E-state index in [1.165, 1.54) is 0 Å². The number of allylic oxidation sites excluding steroid dienone is 2. The van der Waals surface area contributed by atoms with Crippen LogP contribution in [-0.2, 0) is 0 Å². The second-order valence-electron chi connectivity index (χ2n) is 3.83. The Labute approximate surface area is 68.5 Å². The van der Waals surface area contributed by atoms with Gasteiger partial charge >= 0.3 is 0 Å². The van der Waals surface area contributed by atoms with Crippen molar-refractivity contribution in [2.45, 2.75) is 40.0 Å². The van der Waals surface area contributed by atoms with Crippen LogP contribution in [-0.4, -0.2) is 0 Å². The van der Waals surface area contributed by atoms with Gasteiger partial charge in [-0.3, -0.25) is 0 Å². The average Bonchev–Trinajstić information content (AvgIpc) is 1.94. The lowest BCUT2D eigenvalue weighted by Gasteiger charge is -2.27. The van der Waals surface area contributed by atoms with Crippen LogP contribution in [0.2, 0.25) is 0 Å². The Morgan fingerprint density at radius 2 is 2.00 bits per heavy atom. The van der Waals surface area contributed by atoms with E-state index in [0.717, 1.165) is 30.8 Å². The van der Waals surface area contributed by atoms with E-state index in [4.69, 9.17) is 0 Å². The topological polar surface area (TPSA) is 0 Å². The average molecular weight is 156 g/mol. The van der Waals surface area contributed by atoms with Gasteiger partial charge in [0, 0.05) is 0 Å². The molecule has 0 saturated heterocycles. The second-order valence-corrected chi connectivity index (χ2v) is 3.83. The smallest absolute Gasteiger partial charge is 0.0960 e. The van der Waals surface area contributed by atoms with Crippen molar-refractivity contribution in [3.8, 4) is 0 Å². The highest BCUT2D eigenvalue weighted by atomic mass is 19.1. The largest absolute Gasteiger partial charge is 0.212 e. The quantitative estimate of drug-likeness (QED) is 0.502. The van der Waals surface area contributed by atoms with Crippen LogP contribution in [0.15, 0.2) is 11.4 Å². The first-order valence-electron chi connectivity index (χ1n) is 4.45. The van der Waals surface area contributed by atoms with Crippen LogP contribution in [0.3, 0.4) is 0 Å². The maximum absolute atomic E-state index is 12.8. The molecule has 0 amide bonds. The van der Waals surface area contributed by atoms with Crippen LogP contribution in [0.4, 0.5) is 4.39 Å². The fourth-order valence-electron chi connectivity index (χ4n) is 1.69. The molecule has 0 bridgehead atoms. The lowest BCUT2D eigenvalue weighted by atomic mass is 9.79. The molecule has 11 heavy (non-hydrogen) atoms. The van der Waals surface area contributed by atoms with Gasteiger partial charge in [-0.15, -0.1) is 0 Å². The maximum atomic E-state index is 12.8. The summed E-state index contributed by atoms with van der Waals surface area (Å²) < 4.78 is 12.8. The predicted molar refractivity (Wildman–Crippen MR) is 46.0 cm³/mol. The molecule has 1 aliphatic carbocycles. The van der Waals surface area contributed by atoms with Gasteiger partial charge in [-0.2, -0.15) is 0 Å². The lowest BCUT2D eigenvalue weighted by molar-refractivity contribution is 0.317. The van der Waals surface area contributed by atoms with E-state index in [2.05, 4.69) is 13.8 Å². The van der Waals surface area contributed by atoms with Gasteiger partial charge in [0.1, 0.15) is 0 Å². The molecule has 0 heterocycles. The number of rotatable bonds is 0. The number of halogens is 1. The molecular weight excluding hydrogens is 139 g/mol. The SMILES string of the molecule is C/C(F)=C1\CCC(C)C(C)C1. The van der Waals surface area contributed by atoms with Gasteiger partial charge < -0.3 is 0 Å². The van der Waals surface area contributed by atoms with Crippen LogP contribution in [0.1, 0.15) is 40.0 Å². The molecule has 1 saturated carbocycles. The van der Waals surface area contributed by atoms with E-state index < -0.39 is 0 Å². The zero-order chi connectivity index (χ0) is 8.43. The van der Waals surface area contributed by atoms with Crippen molar-refractivity contribution >= 4 is 0 Å². The summed E-state index contributed by atoms with van der Waals surface area (Å²) in [6.45, 7) is 6.06. The summed E-state index contributed by atoms with van der Waals surface area (Å²) in [4.78, 5) is 0. The van der Waals surface area contributed by atoms with Gasteiger partial charge in [-0.25, -0.2) is 4.39 Å². The normalized spacial score (nSPS) is 37.1. The molecular formula is C10H17F. The molecule has 0 aromatic rings. The van der Waals surface area contributed by atoms with E-state index in [1.807, 2.05) is 0 Å². The van der Waals surface area contributed by atoms with Gasteiger partial charge in [0.05, 0.1) is 5.83 Å². The van der Waals surface area contributed by atoms with Crippen molar-refractivity contribution in [3.63, 3.8) is 0 Å². The molecule has 0 N–H and O–H groups in total. The summed E-state index contributed by atoms with van der Waals surface area (Å²) in [6.07, 6.45) is 3.12. The molecule has 1 aliphatic rings. The fraction of sp³-hybridized carbons (Fsp3) is 0.800. The summed E-state index contributed by atoms with van der Waals surface area (Å²) in [6, 6.07) is 0. The molecule has 0 aromatic carbocycles. The molecule has 0 spiro atoms. The van der Waals surface area contributed by atoms with E-state index in [1.54, 1.807) is 6.92 Å². The van der Waals surface area contributed by atoms with E-state index >= 15 is 0 Å². The van der Waals surface area contributed by atoms with E-state index in [0.29, 0.717) is 5.92 Å². The van der Waals surface area contributed by atoms with Crippen molar-refractivity contribution in [2.24, 2.45) is 11.8 Å². The molecule has 2 atom stereocenters. The Hall–Kier alpha value is -0.330. The van der Waals surface area contributed by atoms with Crippen LogP contribution in [0.5, 0.6) is 0 Å². The second kappa shape index (κ2) is 3.38. The van der Waals surface area contributed by atoms with Gasteiger partial charge in [-0.05, 0) is 43.6 Å². The molecule has 1 heteroatoms. The Morgan fingerprint density at radius 3 is 2.45 bits per heavy atom. The molecule has 1 fully saturated rings. The fourth-order valence-corrected chi connectivity index (χ4v) is 1.69. The molecule has 0 aromatic heterocycles. The van der Waals surface area contributed by atoms with Crippen molar-refractivity contribution < 1.29 is 4.39 Å². The number of hydrogen-bond acceptors (Lipinski definition) is 0. The van der Waals surface area contributed by atoms with Crippen LogP contribution in [0, 0.1) is 11.8 Å². The zero-order valence-electron chi connectivity index (χ0n) is 7.65. The van der Waals surface area contributed by atoms with Crippen molar-refractivity contribution in [1.82, 2.24) is 0 Å². The Bertz CT molecular complexity index is 166. The van der Waals surface area contributed by atoms with E-state index in [9.17, 15) is 4.39 Å². The third-order valence-electron chi connectivity index (χ3n) is 2.93. The van der Waals surface area contributed by atoms with Gasteiger partial charge in [0.25, 0.3) is 0 Å². The highest BCUT2D eigenvalue weighted by Gasteiger charge is 2.21. The Kier molecular flexibility index (Phi) is 2.69. The highest BCUT2D eigenvalue weighted by Crippen LogP contribution is 2.34. The summed E-state index contributed by atoms with van der Waals surface area (Å²) in [5.74, 6) is 1.51. The lowest BCUT2D eigenvalue weighted by Crippen LogP contribution is -2.15. The third-order valence-corrected chi connectivity index (χ3v) is 2.93. The van der Waals surface area contributed by atoms with Crippen molar-refractivity contribution in [1.29, 1.82) is 0 Å². The van der Waals surface area contributed by atoms with Crippen LogP contribution >= 0.6 is 0 Å². The first-order valence-corrected chi connectivity index (χ1v) is 4.45. The highest BCUT2D eigenvalue weighted by molar-refractivity contribution is 5.09. The minimum Gasteiger partial charge on any atom is -0.212 e. The summed E-state index contributed by atoms with van der Waals surface area (Å²) >= 11 is 0. The molecule has 0 aliphatic heterocycles. The van der Waals surface area contributed by atoms with Crippen molar-refractivity contribution in [3.05, 3.63) is 11.4 Å². The standard InChI is InChI=1S/C10H17F/c1-7-4-5-10(9(3)11)6-8(7)2/h7-8H,4-6H2,1-3H3/b10-9-. The Balaban J connectivity index is 2.60. The van der Waals surface area contributed by atoms with Gasteiger partial charge in [0.2, 0.25) is 0 Å². The summed E-state index contributed by atoms with van der Waals surface area (Å²) in [5.41, 5.74) is 1.05. The first-order chi connectivity index (χ1) is 5.11. The molecule has 64 valence electrons. The minimum atomic E-state index is 0.0590. The van der Waals surface area contributed by atoms with Crippen LogP contribution in [0.25, 0.3) is 0 Å². The van der Waals surface area contributed by atoms with Gasteiger partial charge in [-0.1, -0.05) is 13.8 Å². The molecule has 0 radical (unpaired) electrons. The van der Waals surface area contributed by atoms with Crippen LogP contribution < -0.4 is 0 Å². The summed E-state index contributed by atoms with van der Waals surface area (Å²) in [7, 11) is 0. The molecule has 1 rings (SSSR count). The maximum Gasteiger partial charge on any atom is 0.0960 e. The monoisotopic (exact) mass is 156 g/mol. The minimum absolute atomic E-state index is 0.0590. The predicted octanol–water partition coefficient (Wildman–Crippen LogP) is 3.69. The summed E-state index contributed by atoms with van der Waals surface area (Å²) in [5, 5.41) is 0. The zero-order valence-corrected chi connectivity index (χ0v) is 7.65. The number of hydrogen-bond donors (Lipinski definition) is 0. The molecule has 0 nitrogen and oxygen atoms in total.